The van der Waals surface area contributed by atoms with E-state index in [0.717, 1.165) is 24.0 Å². The molecule has 2 bridgehead atoms. The minimum Gasteiger partial charge on any atom is -0.308 e. The number of piperazine rings is 1. The molecule has 0 aromatic rings. The normalized spacial score (nSPS) is 49.3. The van der Waals surface area contributed by atoms with Gasteiger partial charge < -0.3 is 10.2 Å². The van der Waals surface area contributed by atoms with Gasteiger partial charge in [0.15, 0.2) is 0 Å². The van der Waals surface area contributed by atoms with Crippen molar-refractivity contribution in [2.45, 2.75) is 88.5 Å². The molecular weight excluding hydrogens is 258 g/mol. The Bertz CT molecular complexity index is 380. The molecule has 4 rings (SSSR count). The number of nitrogens with one attached hydrogen (secondary N) is 1. The molecule has 0 spiro atoms. The van der Waals surface area contributed by atoms with Gasteiger partial charge >= 0.3 is 0 Å². The van der Waals surface area contributed by atoms with Crippen LogP contribution in [0.25, 0.3) is 0 Å². The molecule has 0 aromatic carbocycles. The average molecular weight is 291 g/mol. The lowest BCUT2D eigenvalue weighted by molar-refractivity contribution is -0.0292. The summed E-state index contributed by atoms with van der Waals surface area (Å²) in [6.07, 6.45) is 10.1. The summed E-state index contributed by atoms with van der Waals surface area (Å²) in [4.78, 5) is 5.60. The van der Waals surface area contributed by atoms with Gasteiger partial charge in [-0.05, 0) is 65.3 Å². The lowest BCUT2D eigenvalue weighted by Gasteiger charge is -2.54. The van der Waals surface area contributed by atoms with Crippen LogP contribution >= 0.6 is 0 Å². The molecule has 3 aliphatic heterocycles. The highest BCUT2D eigenvalue weighted by Crippen LogP contribution is 2.43. The second-order valence-electron chi connectivity index (χ2n) is 8.62. The first kappa shape index (κ1) is 14.5. The smallest absolute Gasteiger partial charge is 0.0309 e. The molecule has 1 aliphatic carbocycles. The first-order valence-corrected chi connectivity index (χ1v) is 9.29. The Labute approximate surface area is 130 Å². The molecule has 0 aromatic heterocycles. The maximum atomic E-state index is 3.88. The van der Waals surface area contributed by atoms with E-state index in [1.165, 1.54) is 58.0 Å². The molecule has 0 amide bonds. The molecule has 4 atom stereocenters. The third kappa shape index (κ3) is 2.55. The largest absolute Gasteiger partial charge is 0.308 e. The second kappa shape index (κ2) is 5.21. The molecule has 120 valence electrons. The maximum absolute atomic E-state index is 3.88. The average Bonchev–Trinajstić information content (AvgIpc) is 3.26. The molecule has 3 heteroatoms. The first-order valence-electron chi connectivity index (χ1n) is 9.29. The van der Waals surface area contributed by atoms with Crippen LogP contribution in [0.4, 0.5) is 0 Å². The lowest BCUT2D eigenvalue weighted by atomic mass is 9.80. The number of fused-ring (bicyclic) bond motifs is 2. The van der Waals surface area contributed by atoms with Gasteiger partial charge in [0.05, 0.1) is 0 Å². The van der Waals surface area contributed by atoms with Gasteiger partial charge in [0.25, 0.3) is 0 Å². The molecule has 1 N–H and O–H groups in total. The summed E-state index contributed by atoms with van der Waals surface area (Å²) in [6.45, 7) is 7.40. The molecule has 4 aliphatic rings. The number of hydrogen-bond donors (Lipinski definition) is 1. The van der Waals surface area contributed by atoms with Gasteiger partial charge in [0.1, 0.15) is 0 Å². The number of rotatable bonds is 2. The Morgan fingerprint density at radius 3 is 2.29 bits per heavy atom. The van der Waals surface area contributed by atoms with Crippen LogP contribution in [-0.4, -0.2) is 59.6 Å². The van der Waals surface area contributed by atoms with E-state index in [1.807, 2.05) is 0 Å². The van der Waals surface area contributed by atoms with Crippen LogP contribution < -0.4 is 5.32 Å². The summed E-state index contributed by atoms with van der Waals surface area (Å²) in [5, 5.41) is 3.88. The van der Waals surface area contributed by atoms with E-state index < -0.39 is 0 Å². The number of nitrogens with zero attached hydrogens (tertiary/aromatic N) is 2. The molecule has 0 radical (unpaired) electrons. The number of piperidine rings is 2. The third-order valence-electron chi connectivity index (χ3n) is 7.14. The molecule has 4 unspecified atom stereocenters. The minimum absolute atomic E-state index is 0.394. The molecule has 4 fully saturated rings. The Hall–Kier alpha value is -0.120. The summed E-state index contributed by atoms with van der Waals surface area (Å²) in [5.74, 6) is 0.943. The van der Waals surface area contributed by atoms with Crippen molar-refractivity contribution in [1.29, 1.82) is 0 Å². The van der Waals surface area contributed by atoms with Crippen molar-refractivity contribution in [2.24, 2.45) is 5.92 Å². The summed E-state index contributed by atoms with van der Waals surface area (Å²) < 4.78 is 0. The molecule has 3 saturated heterocycles. The van der Waals surface area contributed by atoms with E-state index >= 15 is 0 Å². The van der Waals surface area contributed by atoms with Crippen molar-refractivity contribution in [3.63, 3.8) is 0 Å². The quantitative estimate of drug-likeness (QED) is 0.843. The predicted octanol–water partition coefficient (Wildman–Crippen LogP) is 2.46. The highest BCUT2D eigenvalue weighted by Gasteiger charge is 2.48. The van der Waals surface area contributed by atoms with Gasteiger partial charge in [-0.2, -0.15) is 0 Å². The molecule has 3 heterocycles. The fourth-order valence-corrected chi connectivity index (χ4v) is 5.43. The standard InChI is InChI=1S/C18H33N3/c1-13-11-19-18(2,14-7-8-14)12-21(13)17-9-15-5-4-6-16(10-17)20(15)3/h13-17,19H,4-12H2,1-3H3. The van der Waals surface area contributed by atoms with E-state index in [-0.39, 0.29) is 0 Å². The first-order chi connectivity index (χ1) is 10.1. The van der Waals surface area contributed by atoms with Crippen molar-refractivity contribution in [2.75, 3.05) is 20.1 Å². The van der Waals surface area contributed by atoms with Crippen LogP contribution in [0, 0.1) is 5.92 Å². The fraction of sp³-hybridized carbons (Fsp3) is 1.00. The van der Waals surface area contributed by atoms with E-state index in [1.54, 1.807) is 0 Å². The van der Waals surface area contributed by atoms with E-state index in [2.05, 4.69) is 36.0 Å². The van der Waals surface area contributed by atoms with E-state index in [9.17, 15) is 0 Å². The summed E-state index contributed by atoms with van der Waals surface area (Å²) in [5.41, 5.74) is 0.394. The Morgan fingerprint density at radius 1 is 1.00 bits per heavy atom. The minimum atomic E-state index is 0.394. The highest BCUT2D eigenvalue weighted by atomic mass is 15.3. The van der Waals surface area contributed by atoms with Gasteiger partial charge in [0, 0.05) is 42.8 Å². The number of hydrogen-bond acceptors (Lipinski definition) is 3. The molecule has 3 nitrogen and oxygen atoms in total. The fourth-order valence-electron chi connectivity index (χ4n) is 5.43. The monoisotopic (exact) mass is 291 g/mol. The summed E-state index contributed by atoms with van der Waals surface area (Å²) in [6, 6.07) is 3.27. The molecule has 1 saturated carbocycles. The van der Waals surface area contributed by atoms with Crippen molar-refractivity contribution >= 4 is 0 Å². The van der Waals surface area contributed by atoms with Crippen LogP contribution in [0.15, 0.2) is 0 Å². The van der Waals surface area contributed by atoms with Crippen molar-refractivity contribution in [1.82, 2.24) is 15.1 Å². The van der Waals surface area contributed by atoms with Gasteiger partial charge in [-0.25, -0.2) is 0 Å². The van der Waals surface area contributed by atoms with Crippen LogP contribution in [-0.2, 0) is 0 Å². The molecular formula is C18H33N3. The summed E-state index contributed by atoms with van der Waals surface area (Å²) in [7, 11) is 2.38. The van der Waals surface area contributed by atoms with Crippen LogP contribution in [0.3, 0.4) is 0 Å². The zero-order valence-electron chi connectivity index (χ0n) is 14.1. The molecule has 21 heavy (non-hydrogen) atoms. The SMILES string of the molecule is CC1CNC(C)(C2CC2)CN1C1CC2CCCC(C1)N2C. The van der Waals surface area contributed by atoms with Crippen LogP contribution in [0.5, 0.6) is 0 Å². The van der Waals surface area contributed by atoms with E-state index in [0.29, 0.717) is 11.6 Å². The maximum Gasteiger partial charge on any atom is 0.0309 e. The Morgan fingerprint density at radius 2 is 1.67 bits per heavy atom. The zero-order valence-corrected chi connectivity index (χ0v) is 14.1. The van der Waals surface area contributed by atoms with Crippen LogP contribution in [0.2, 0.25) is 0 Å². The predicted molar refractivity (Wildman–Crippen MR) is 87.5 cm³/mol. The Kier molecular flexibility index (Phi) is 3.59. The van der Waals surface area contributed by atoms with Crippen molar-refractivity contribution in [3.05, 3.63) is 0 Å². The summed E-state index contributed by atoms with van der Waals surface area (Å²) >= 11 is 0. The van der Waals surface area contributed by atoms with Crippen molar-refractivity contribution in [3.8, 4) is 0 Å². The Balaban J connectivity index is 1.49. The van der Waals surface area contributed by atoms with Gasteiger partial charge in [-0.15, -0.1) is 0 Å². The van der Waals surface area contributed by atoms with Crippen LogP contribution in [0.1, 0.15) is 58.8 Å². The highest BCUT2D eigenvalue weighted by molar-refractivity contribution is 5.06. The van der Waals surface area contributed by atoms with Crippen molar-refractivity contribution < 1.29 is 0 Å². The lowest BCUT2D eigenvalue weighted by Crippen LogP contribution is -2.67. The zero-order chi connectivity index (χ0) is 14.6. The van der Waals surface area contributed by atoms with Gasteiger partial charge in [0.2, 0.25) is 0 Å². The third-order valence-corrected chi connectivity index (χ3v) is 7.14. The second-order valence-corrected chi connectivity index (χ2v) is 8.62. The van der Waals surface area contributed by atoms with E-state index in [4.69, 9.17) is 0 Å². The van der Waals surface area contributed by atoms with Gasteiger partial charge in [-0.1, -0.05) is 6.42 Å². The topological polar surface area (TPSA) is 18.5 Å². The van der Waals surface area contributed by atoms with Gasteiger partial charge in [-0.3, -0.25) is 4.90 Å².